The zero-order valence-corrected chi connectivity index (χ0v) is 9.01. The number of rotatable bonds is 2. The molecule has 1 heterocycles. The Balaban J connectivity index is 2.22. The molecule has 0 N–H and O–H groups in total. The van der Waals surface area contributed by atoms with Gasteiger partial charge in [0.05, 0.1) is 11.4 Å². The summed E-state index contributed by atoms with van der Waals surface area (Å²) in [5.74, 6) is 0. The van der Waals surface area contributed by atoms with Crippen molar-refractivity contribution in [3.8, 4) is 0 Å². The van der Waals surface area contributed by atoms with Crippen LogP contribution in [-0.2, 0) is 7.05 Å². The van der Waals surface area contributed by atoms with Gasteiger partial charge < -0.3 is 0 Å². The van der Waals surface area contributed by atoms with Crippen LogP contribution in [-0.4, -0.2) is 9.78 Å². The van der Waals surface area contributed by atoms with Crippen molar-refractivity contribution in [2.45, 2.75) is 6.92 Å². The molecular weight excluding hydrogens is 184 g/mol. The van der Waals surface area contributed by atoms with E-state index in [1.165, 1.54) is 5.56 Å². The molecule has 15 heavy (non-hydrogen) atoms. The molecule has 0 saturated heterocycles. The van der Waals surface area contributed by atoms with E-state index in [0.717, 1.165) is 11.4 Å². The highest BCUT2D eigenvalue weighted by atomic mass is 15.3. The van der Waals surface area contributed by atoms with Crippen LogP contribution in [0.25, 0.3) is 12.2 Å². The average Bonchev–Trinajstić information content (AvgIpc) is 2.56. The Hall–Kier alpha value is -1.83. The SMILES string of the molecule is Cc1cc(/C=C/c2ccccc2)n(C)n1. The van der Waals surface area contributed by atoms with Crippen LogP contribution in [0.3, 0.4) is 0 Å². The summed E-state index contributed by atoms with van der Waals surface area (Å²) in [6.45, 7) is 2.00. The van der Waals surface area contributed by atoms with E-state index in [2.05, 4.69) is 35.4 Å². The molecule has 1 aromatic heterocycles. The number of aryl methyl sites for hydroxylation is 2. The third kappa shape index (κ3) is 2.34. The molecule has 76 valence electrons. The molecule has 1 aromatic carbocycles. The molecule has 2 aromatic rings. The molecule has 0 saturated carbocycles. The number of hydrogen-bond acceptors (Lipinski definition) is 1. The maximum atomic E-state index is 4.29. The fourth-order valence-electron chi connectivity index (χ4n) is 1.53. The van der Waals surface area contributed by atoms with Crippen LogP contribution in [0.1, 0.15) is 17.0 Å². The van der Waals surface area contributed by atoms with Gasteiger partial charge in [0.2, 0.25) is 0 Å². The summed E-state index contributed by atoms with van der Waals surface area (Å²) >= 11 is 0. The number of nitrogens with zero attached hydrogens (tertiary/aromatic N) is 2. The minimum atomic E-state index is 1.05. The molecule has 0 radical (unpaired) electrons. The van der Waals surface area contributed by atoms with Gasteiger partial charge in [-0.05, 0) is 24.6 Å². The molecular formula is C13H14N2. The van der Waals surface area contributed by atoms with Gasteiger partial charge in [-0.25, -0.2) is 0 Å². The second kappa shape index (κ2) is 4.13. The highest BCUT2D eigenvalue weighted by Crippen LogP contribution is 2.08. The first-order valence-corrected chi connectivity index (χ1v) is 4.99. The second-order valence-corrected chi connectivity index (χ2v) is 3.58. The summed E-state index contributed by atoms with van der Waals surface area (Å²) in [6, 6.07) is 12.3. The van der Waals surface area contributed by atoms with Crippen LogP contribution in [0.15, 0.2) is 36.4 Å². The predicted molar refractivity (Wildman–Crippen MR) is 63.3 cm³/mol. The summed E-state index contributed by atoms with van der Waals surface area (Å²) in [4.78, 5) is 0. The van der Waals surface area contributed by atoms with Gasteiger partial charge in [0.1, 0.15) is 0 Å². The first-order chi connectivity index (χ1) is 7.25. The minimum absolute atomic E-state index is 1.05. The van der Waals surface area contributed by atoms with E-state index in [1.807, 2.05) is 36.9 Å². The molecule has 0 atom stereocenters. The van der Waals surface area contributed by atoms with Gasteiger partial charge in [0, 0.05) is 7.05 Å². The Morgan fingerprint density at radius 2 is 1.87 bits per heavy atom. The van der Waals surface area contributed by atoms with E-state index < -0.39 is 0 Å². The summed E-state index contributed by atoms with van der Waals surface area (Å²) in [6.07, 6.45) is 4.17. The van der Waals surface area contributed by atoms with E-state index in [4.69, 9.17) is 0 Å². The number of aromatic nitrogens is 2. The summed E-state index contributed by atoms with van der Waals surface area (Å²) < 4.78 is 1.88. The highest BCUT2D eigenvalue weighted by molar-refractivity contribution is 5.68. The molecule has 2 heteroatoms. The minimum Gasteiger partial charge on any atom is -0.268 e. The third-order valence-electron chi connectivity index (χ3n) is 2.28. The van der Waals surface area contributed by atoms with Crippen molar-refractivity contribution in [1.82, 2.24) is 9.78 Å². The van der Waals surface area contributed by atoms with Crippen LogP contribution in [0.5, 0.6) is 0 Å². The van der Waals surface area contributed by atoms with Crippen molar-refractivity contribution in [3.05, 3.63) is 53.3 Å². The van der Waals surface area contributed by atoms with Crippen LogP contribution in [0.2, 0.25) is 0 Å². The van der Waals surface area contributed by atoms with Gasteiger partial charge in [-0.2, -0.15) is 5.10 Å². The molecule has 0 aliphatic carbocycles. The fourth-order valence-corrected chi connectivity index (χ4v) is 1.53. The first-order valence-electron chi connectivity index (χ1n) is 4.99. The van der Waals surface area contributed by atoms with E-state index in [1.54, 1.807) is 0 Å². The van der Waals surface area contributed by atoms with Gasteiger partial charge in [-0.1, -0.05) is 36.4 Å². The lowest BCUT2D eigenvalue weighted by molar-refractivity contribution is 0.749. The van der Waals surface area contributed by atoms with E-state index >= 15 is 0 Å². The van der Waals surface area contributed by atoms with Crippen molar-refractivity contribution in [3.63, 3.8) is 0 Å². The summed E-state index contributed by atoms with van der Waals surface area (Å²) in [7, 11) is 1.96. The lowest BCUT2D eigenvalue weighted by Gasteiger charge is -1.94. The Bertz CT molecular complexity index is 467. The number of hydrogen-bond donors (Lipinski definition) is 0. The summed E-state index contributed by atoms with van der Waals surface area (Å²) in [5, 5.41) is 4.29. The van der Waals surface area contributed by atoms with Crippen LogP contribution in [0, 0.1) is 6.92 Å². The lowest BCUT2D eigenvalue weighted by atomic mass is 10.2. The molecule has 0 fully saturated rings. The molecule has 2 nitrogen and oxygen atoms in total. The Morgan fingerprint density at radius 3 is 2.47 bits per heavy atom. The van der Waals surface area contributed by atoms with E-state index in [0.29, 0.717) is 0 Å². The topological polar surface area (TPSA) is 17.8 Å². The zero-order chi connectivity index (χ0) is 10.7. The smallest absolute Gasteiger partial charge is 0.0609 e. The summed E-state index contributed by atoms with van der Waals surface area (Å²) in [5.41, 5.74) is 3.37. The monoisotopic (exact) mass is 198 g/mol. The number of benzene rings is 1. The molecule has 0 unspecified atom stereocenters. The van der Waals surface area contributed by atoms with Gasteiger partial charge >= 0.3 is 0 Å². The fraction of sp³-hybridized carbons (Fsp3) is 0.154. The molecule has 0 aliphatic heterocycles. The van der Waals surface area contributed by atoms with Crippen LogP contribution >= 0.6 is 0 Å². The Labute approximate surface area is 89.9 Å². The Kier molecular flexibility index (Phi) is 2.68. The van der Waals surface area contributed by atoms with Crippen molar-refractivity contribution in [2.75, 3.05) is 0 Å². The van der Waals surface area contributed by atoms with Crippen molar-refractivity contribution in [1.29, 1.82) is 0 Å². The normalized spacial score (nSPS) is 11.1. The van der Waals surface area contributed by atoms with Crippen molar-refractivity contribution < 1.29 is 0 Å². The van der Waals surface area contributed by atoms with Gasteiger partial charge in [-0.3, -0.25) is 4.68 Å². The van der Waals surface area contributed by atoms with Crippen molar-refractivity contribution >= 4 is 12.2 Å². The van der Waals surface area contributed by atoms with Gasteiger partial charge in [0.15, 0.2) is 0 Å². The van der Waals surface area contributed by atoms with Crippen LogP contribution in [0.4, 0.5) is 0 Å². The predicted octanol–water partition coefficient (Wildman–Crippen LogP) is 2.90. The third-order valence-corrected chi connectivity index (χ3v) is 2.28. The first kappa shape index (κ1) is 9.71. The molecule has 0 amide bonds. The van der Waals surface area contributed by atoms with Crippen LogP contribution < -0.4 is 0 Å². The lowest BCUT2D eigenvalue weighted by Crippen LogP contribution is -1.92. The van der Waals surface area contributed by atoms with E-state index in [9.17, 15) is 0 Å². The zero-order valence-electron chi connectivity index (χ0n) is 9.01. The maximum absolute atomic E-state index is 4.29. The maximum Gasteiger partial charge on any atom is 0.0609 e. The standard InChI is InChI=1S/C13H14N2/c1-11-10-13(15(2)14-11)9-8-12-6-4-3-5-7-12/h3-10H,1-2H3/b9-8+. The molecule has 0 spiro atoms. The van der Waals surface area contributed by atoms with Gasteiger partial charge in [0.25, 0.3) is 0 Å². The van der Waals surface area contributed by atoms with Gasteiger partial charge in [-0.15, -0.1) is 0 Å². The largest absolute Gasteiger partial charge is 0.268 e. The van der Waals surface area contributed by atoms with E-state index in [-0.39, 0.29) is 0 Å². The average molecular weight is 198 g/mol. The molecule has 0 aliphatic rings. The Morgan fingerprint density at radius 1 is 1.13 bits per heavy atom. The molecule has 2 rings (SSSR count). The van der Waals surface area contributed by atoms with Crippen molar-refractivity contribution in [2.24, 2.45) is 7.05 Å². The second-order valence-electron chi connectivity index (χ2n) is 3.58. The quantitative estimate of drug-likeness (QED) is 0.725. The highest BCUT2D eigenvalue weighted by Gasteiger charge is 1.96. The molecule has 0 bridgehead atoms.